The van der Waals surface area contributed by atoms with Crippen LogP contribution < -0.4 is 5.32 Å². The molecule has 2 rings (SSSR count). The maximum Gasteiger partial charge on any atom is 0.251 e. The van der Waals surface area contributed by atoms with Crippen LogP contribution in [0.5, 0.6) is 5.75 Å². The number of nitrogens with one attached hydrogen (secondary N) is 1. The van der Waals surface area contributed by atoms with Gasteiger partial charge in [-0.1, -0.05) is 32.3 Å². The Hall–Kier alpha value is -1.51. The van der Waals surface area contributed by atoms with E-state index in [-0.39, 0.29) is 17.7 Å². The van der Waals surface area contributed by atoms with Crippen molar-refractivity contribution in [3.8, 4) is 5.75 Å². The molecule has 1 saturated carbocycles. The number of benzene rings is 1. The molecule has 1 atom stereocenters. The van der Waals surface area contributed by atoms with E-state index in [0.717, 1.165) is 6.42 Å². The predicted molar refractivity (Wildman–Crippen MR) is 76.2 cm³/mol. The van der Waals surface area contributed by atoms with Crippen LogP contribution in [0.1, 0.15) is 55.8 Å². The van der Waals surface area contributed by atoms with E-state index in [0.29, 0.717) is 11.5 Å². The van der Waals surface area contributed by atoms with Gasteiger partial charge in [0.15, 0.2) is 0 Å². The smallest absolute Gasteiger partial charge is 0.251 e. The molecule has 19 heavy (non-hydrogen) atoms. The van der Waals surface area contributed by atoms with E-state index in [2.05, 4.69) is 12.2 Å². The fourth-order valence-corrected chi connectivity index (χ4v) is 2.99. The standard InChI is InChI=1S/C16H23NO2/c1-2-15(12-7-4-3-5-8-12)17-16(19)13-9-6-10-14(18)11-13/h6,9-12,15,18H,2-5,7-8H2,1H3,(H,17,19). The summed E-state index contributed by atoms with van der Waals surface area (Å²) in [6, 6.07) is 6.79. The second-order valence-electron chi connectivity index (χ2n) is 5.44. The van der Waals surface area contributed by atoms with Crippen molar-refractivity contribution in [2.75, 3.05) is 0 Å². The monoisotopic (exact) mass is 261 g/mol. The van der Waals surface area contributed by atoms with Gasteiger partial charge in [-0.05, 0) is 43.4 Å². The molecule has 0 saturated heterocycles. The molecule has 1 aliphatic carbocycles. The van der Waals surface area contributed by atoms with Gasteiger partial charge in [0.25, 0.3) is 5.91 Å². The molecule has 0 radical (unpaired) electrons. The quantitative estimate of drug-likeness (QED) is 0.871. The SMILES string of the molecule is CCC(NC(=O)c1cccc(O)c1)C1CCCCC1. The van der Waals surface area contributed by atoms with Crippen LogP contribution in [0.25, 0.3) is 0 Å². The number of rotatable bonds is 4. The zero-order chi connectivity index (χ0) is 13.7. The maximum absolute atomic E-state index is 12.2. The Morgan fingerprint density at radius 3 is 2.74 bits per heavy atom. The van der Waals surface area contributed by atoms with Crippen LogP contribution in [0.4, 0.5) is 0 Å². The first-order valence-corrected chi connectivity index (χ1v) is 7.30. The Morgan fingerprint density at radius 1 is 1.37 bits per heavy atom. The maximum atomic E-state index is 12.2. The lowest BCUT2D eigenvalue weighted by molar-refractivity contribution is 0.0911. The highest BCUT2D eigenvalue weighted by Gasteiger charge is 2.24. The molecule has 1 amide bonds. The molecule has 0 aliphatic heterocycles. The van der Waals surface area contributed by atoms with Crippen LogP contribution in [-0.2, 0) is 0 Å². The van der Waals surface area contributed by atoms with E-state index in [1.807, 2.05) is 0 Å². The number of phenolic OH excluding ortho intramolecular Hbond substituents is 1. The second kappa shape index (κ2) is 6.60. The number of carbonyl (C=O) groups excluding carboxylic acids is 1. The van der Waals surface area contributed by atoms with Crippen LogP contribution in [0.15, 0.2) is 24.3 Å². The lowest BCUT2D eigenvalue weighted by Gasteiger charge is -2.30. The molecule has 0 heterocycles. The van der Waals surface area contributed by atoms with Gasteiger partial charge < -0.3 is 10.4 Å². The van der Waals surface area contributed by atoms with E-state index >= 15 is 0 Å². The van der Waals surface area contributed by atoms with Crippen molar-refractivity contribution in [3.05, 3.63) is 29.8 Å². The molecular weight excluding hydrogens is 238 g/mol. The van der Waals surface area contributed by atoms with E-state index in [9.17, 15) is 9.90 Å². The summed E-state index contributed by atoms with van der Waals surface area (Å²) >= 11 is 0. The van der Waals surface area contributed by atoms with Crippen molar-refractivity contribution in [1.82, 2.24) is 5.32 Å². The number of hydrogen-bond acceptors (Lipinski definition) is 2. The highest BCUT2D eigenvalue weighted by molar-refractivity contribution is 5.94. The van der Waals surface area contributed by atoms with Crippen LogP contribution >= 0.6 is 0 Å². The summed E-state index contributed by atoms with van der Waals surface area (Å²) in [5.74, 6) is 0.673. The Labute approximate surface area is 115 Å². The highest BCUT2D eigenvalue weighted by atomic mass is 16.3. The first-order chi connectivity index (χ1) is 9.20. The minimum Gasteiger partial charge on any atom is -0.508 e. The number of phenols is 1. The van der Waals surface area contributed by atoms with Crippen molar-refractivity contribution < 1.29 is 9.90 Å². The summed E-state index contributed by atoms with van der Waals surface area (Å²) < 4.78 is 0. The van der Waals surface area contributed by atoms with Gasteiger partial charge in [-0.25, -0.2) is 0 Å². The molecule has 2 N–H and O–H groups in total. The minimum absolute atomic E-state index is 0.0756. The Bertz CT molecular complexity index is 425. The van der Waals surface area contributed by atoms with Gasteiger partial charge in [-0.3, -0.25) is 4.79 Å². The van der Waals surface area contributed by atoms with Crippen molar-refractivity contribution in [2.45, 2.75) is 51.5 Å². The molecule has 1 aromatic rings. The second-order valence-corrected chi connectivity index (χ2v) is 5.44. The van der Waals surface area contributed by atoms with Gasteiger partial charge in [0.1, 0.15) is 5.75 Å². The Kier molecular flexibility index (Phi) is 4.83. The molecule has 3 heteroatoms. The van der Waals surface area contributed by atoms with Crippen LogP contribution in [0.3, 0.4) is 0 Å². The summed E-state index contributed by atoms with van der Waals surface area (Å²) in [6.45, 7) is 2.13. The van der Waals surface area contributed by atoms with E-state index in [1.165, 1.54) is 38.2 Å². The third-order valence-electron chi connectivity index (χ3n) is 4.08. The fraction of sp³-hybridized carbons (Fsp3) is 0.562. The zero-order valence-electron chi connectivity index (χ0n) is 11.6. The molecule has 0 bridgehead atoms. The van der Waals surface area contributed by atoms with Crippen molar-refractivity contribution in [3.63, 3.8) is 0 Å². The molecule has 3 nitrogen and oxygen atoms in total. The average Bonchev–Trinajstić information content (AvgIpc) is 2.45. The summed E-state index contributed by atoms with van der Waals surface area (Å²) in [5.41, 5.74) is 0.536. The number of amides is 1. The summed E-state index contributed by atoms with van der Waals surface area (Å²) in [4.78, 5) is 12.2. The van der Waals surface area contributed by atoms with Crippen LogP contribution in [0.2, 0.25) is 0 Å². The summed E-state index contributed by atoms with van der Waals surface area (Å²) in [6.07, 6.45) is 7.30. The number of hydrogen-bond donors (Lipinski definition) is 2. The minimum atomic E-state index is -0.0756. The Balaban J connectivity index is 1.99. The molecular formula is C16H23NO2. The van der Waals surface area contributed by atoms with Gasteiger partial charge in [-0.2, -0.15) is 0 Å². The Morgan fingerprint density at radius 2 is 2.11 bits per heavy atom. The van der Waals surface area contributed by atoms with Crippen molar-refractivity contribution in [2.24, 2.45) is 5.92 Å². The van der Waals surface area contributed by atoms with Gasteiger partial charge in [-0.15, -0.1) is 0 Å². The molecule has 104 valence electrons. The number of aromatic hydroxyl groups is 1. The fourth-order valence-electron chi connectivity index (χ4n) is 2.99. The molecule has 0 spiro atoms. The van der Waals surface area contributed by atoms with Gasteiger partial charge in [0.2, 0.25) is 0 Å². The predicted octanol–water partition coefficient (Wildman–Crippen LogP) is 3.48. The summed E-state index contributed by atoms with van der Waals surface area (Å²) in [7, 11) is 0. The average molecular weight is 261 g/mol. The zero-order valence-corrected chi connectivity index (χ0v) is 11.6. The number of carbonyl (C=O) groups is 1. The highest BCUT2D eigenvalue weighted by Crippen LogP contribution is 2.28. The molecule has 0 aromatic heterocycles. The van der Waals surface area contributed by atoms with Crippen LogP contribution in [0, 0.1) is 5.92 Å². The summed E-state index contributed by atoms with van der Waals surface area (Å²) in [5, 5.41) is 12.6. The molecule has 1 aromatic carbocycles. The van der Waals surface area contributed by atoms with Crippen molar-refractivity contribution in [1.29, 1.82) is 0 Å². The van der Waals surface area contributed by atoms with Crippen LogP contribution in [-0.4, -0.2) is 17.1 Å². The van der Waals surface area contributed by atoms with Crippen molar-refractivity contribution >= 4 is 5.91 Å². The van der Waals surface area contributed by atoms with Gasteiger partial charge in [0.05, 0.1) is 0 Å². The van der Waals surface area contributed by atoms with Gasteiger partial charge in [0, 0.05) is 11.6 Å². The molecule has 1 unspecified atom stereocenters. The molecule has 1 aliphatic rings. The molecule has 1 fully saturated rings. The lowest BCUT2D eigenvalue weighted by atomic mass is 9.83. The first-order valence-electron chi connectivity index (χ1n) is 7.30. The van der Waals surface area contributed by atoms with E-state index in [4.69, 9.17) is 0 Å². The third kappa shape index (κ3) is 3.72. The van der Waals surface area contributed by atoms with E-state index < -0.39 is 0 Å². The van der Waals surface area contributed by atoms with Gasteiger partial charge >= 0.3 is 0 Å². The third-order valence-corrected chi connectivity index (χ3v) is 4.08. The topological polar surface area (TPSA) is 49.3 Å². The first kappa shape index (κ1) is 13.9. The normalized spacial score (nSPS) is 17.9. The van der Waals surface area contributed by atoms with E-state index in [1.54, 1.807) is 18.2 Å². The largest absolute Gasteiger partial charge is 0.508 e. The lowest BCUT2D eigenvalue weighted by Crippen LogP contribution is -2.40.